The molecule has 0 atom stereocenters. The van der Waals surface area contributed by atoms with E-state index in [4.69, 9.17) is 5.11 Å². The van der Waals surface area contributed by atoms with Crippen LogP contribution in [0.2, 0.25) is 0 Å². The number of fused-ring (bicyclic) bond motifs is 1. The van der Waals surface area contributed by atoms with E-state index in [2.05, 4.69) is 20.9 Å². The Hall–Kier alpha value is -2.34. The van der Waals surface area contributed by atoms with Crippen molar-refractivity contribution in [1.82, 2.24) is 9.55 Å². The van der Waals surface area contributed by atoms with Crippen molar-refractivity contribution in [2.45, 2.75) is 6.92 Å². The molecule has 2 N–H and O–H groups in total. The number of H-pyrrole nitrogens is 1. The van der Waals surface area contributed by atoms with Gasteiger partial charge in [-0.3, -0.25) is 4.57 Å². The largest absolute Gasteiger partial charge is 0.478 e. The van der Waals surface area contributed by atoms with Gasteiger partial charge in [0.2, 0.25) is 0 Å². The number of carboxylic acids is 1. The van der Waals surface area contributed by atoms with Crippen LogP contribution >= 0.6 is 15.9 Å². The molecular weight excluding hydrogens is 336 g/mol. The first-order valence-corrected chi connectivity index (χ1v) is 7.01. The second-order valence-electron chi connectivity index (χ2n) is 4.76. The van der Waals surface area contributed by atoms with E-state index in [1.807, 2.05) is 25.1 Å². The summed E-state index contributed by atoms with van der Waals surface area (Å²) in [4.78, 5) is 26.1. The van der Waals surface area contributed by atoms with Crippen LogP contribution in [0.15, 0.2) is 45.7 Å². The van der Waals surface area contributed by atoms with E-state index in [0.29, 0.717) is 16.7 Å². The number of nitrogens with one attached hydrogen (secondary N) is 1. The summed E-state index contributed by atoms with van der Waals surface area (Å²) in [7, 11) is 0. The molecule has 0 amide bonds. The maximum absolute atomic E-state index is 12.2. The molecule has 5 nitrogen and oxygen atoms in total. The third-order valence-electron chi connectivity index (χ3n) is 3.27. The van der Waals surface area contributed by atoms with Gasteiger partial charge in [0, 0.05) is 4.47 Å². The smallest absolute Gasteiger partial charge is 0.335 e. The number of halogens is 1. The van der Waals surface area contributed by atoms with Gasteiger partial charge in [-0.25, -0.2) is 9.59 Å². The van der Waals surface area contributed by atoms with E-state index in [0.717, 1.165) is 10.0 Å². The number of nitrogens with zero attached hydrogens (tertiary/aromatic N) is 1. The highest BCUT2D eigenvalue weighted by Crippen LogP contribution is 2.25. The maximum atomic E-state index is 12.2. The van der Waals surface area contributed by atoms with Crippen LogP contribution in [0.5, 0.6) is 0 Å². The van der Waals surface area contributed by atoms with Crippen LogP contribution in [0, 0.1) is 6.92 Å². The average molecular weight is 347 g/mol. The molecule has 21 heavy (non-hydrogen) atoms. The zero-order valence-electron chi connectivity index (χ0n) is 11.1. The number of benzene rings is 2. The van der Waals surface area contributed by atoms with E-state index in [-0.39, 0.29) is 11.3 Å². The van der Waals surface area contributed by atoms with Gasteiger partial charge in [-0.15, -0.1) is 0 Å². The lowest BCUT2D eigenvalue weighted by Crippen LogP contribution is -2.15. The third-order valence-corrected chi connectivity index (χ3v) is 3.94. The zero-order chi connectivity index (χ0) is 15.1. The Morgan fingerprint density at radius 3 is 2.71 bits per heavy atom. The maximum Gasteiger partial charge on any atom is 0.335 e. The van der Waals surface area contributed by atoms with Crippen LogP contribution in [0.4, 0.5) is 0 Å². The molecule has 0 aliphatic rings. The highest BCUT2D eigenvalue weighted by atomic mass is 79.9. The van der Waals surface area contributed by atoms with Crippen molar-refractivity contribution in [2.75, 3.05) is 0 Å². The number of aromatic nitrogens is 2. The summed E-state index contributed by atoms with van der Waals surface area (Å²) >= 11 is 3.43. The molecule has 1 heterocycles. The Kier molecular flexibility index (Phi) is 3.17. The average Bonchev–Trinajstić information content (AvgIpc) is 2.76. The van der Waals surface area contributed by atoms with Gasteiger partial charge in [0.25, 0.3) is 0 Å². The summed E-state index contributed by atoms with van der Waals surface area (Å²) in [5, 5.41) is 9.10. The molecule has 6 heteroatoms. The lowest BCUT2D eigenvalue weighted by Gasteiger charge is -2.07. The van der Waals surface area contributed by atoms with Crippen molar-refractivity contribution in [2.24, 2.45) is 0 Å². The molecule has 0 aliphatic heterocycles. The lowest BCUT2D eigenvalue weighted by molar-refractivity contribution is 0.0697. The number of imidazole rings is 1. The SMILES string of the molecule is Cc1ccc(Br)c(-n2c(=O)[nH]c3ccc(C(=O)O)cc32)c1. The lowest BCUT2D eigenvalue weighted by atomic mass is 10.2. The Morgan fingerprint density at radius 1 is 1.24 bits per heavy atom. The topological polar surface area (TPSA) is 75.1 Å². The van der Waals surface area contributed by atoms with Crippen molar-refractivity contribution in [3.8, 4) is 5.69 Å². The minimum absolute atomic E-state index is 0.138. The van der Waals surface area contributed by atoms with Crippen molar-refractivity contribution in [1.29, 1.82) is 0 Å². The number of hydrogen-bond acceptors (Lipinski definition) is 2. The second kappa shape index (κ2) is 4.89. The first-order valence-electron chi connectivity index (χ1n) is 6.22. The molecule has 0 fully saturated rings. The molecular formula is C15H11BrN2O3. The third kappa shape index (κ3) is 2.27. The van der Waals surface area contributed by atoms with Gasteiger partial charge >= 0.3 is 11.7 Å². The number of aryl methyl sites for hydroxylation is 1. The normalized spacial score (nSPS) is 11.0. The number of rotatable bonds is 2. The molecule has 0 spiro atoms. The van der Waals surface area contributed by atoms with Gasteiger partial charge in [0.15, 0.2) is 0 Å². The van der Waals surface area contributed by atoms with Crippen molar-refractivity contribution in [3.63, 3.8) is 0 Å². The number of aromatic amines is 1. The molecule has 0 unspecified atom stereocenters. The van der Waals surface area contributed by atoms with E-state index in [1.54, 1.807) is 6.07 Å². The molecule has 0 radical (unpaired) electrons. The summed E-state index contributed by atoms with van der Waals surface area (Å²) in [6.07, 6.45) is 0. The number of carboxylic acid groups (broad SMARTS) is 1. The number of aromatic carboxylic acids is 1. The fourth-order valence-electron chi connectivity index (χ4n) is 2.27. The second-order valence-corrected chi connectivity index (χ2v) is 5.61. The Balaban J connectivity index is 2.38. The quantitative estimate of drug-likeness (QED) is 0.748. The van der Waals surface area contributed by atoms with Gasteiger partial charge in [-0.1, -0.05) is 6.07 Å². The van der Waals surface area contributed by atoms with Crippen molar-refractivity contribution < 1.29 is 9.90 Å². The molecule has 0 saturated heterocycles. The van der Waals surface area contributed by atoms with Gasteiger partial charge in [0.05, 0.1) is 22.3 Å². The molecule has 106 valence electrons. The molecule has 1 aromatic heterocycles. The summed E-state index contributed by atoms with van der Waals surface area (Å²) in [6.45, 7) is 1.93. The molecule has 2 aromatic carbocycles. The first kappa shape index (κ1) is 13.6. The van der Waals surface area contributed by atoms with E-state index < -0.39 is 5.97 Å². The highest BCUT2D eigenvalue weighted by molar-refractivity contribution is 9.10. The summed E-state index contributed by atoms with van der Waals surface area (Å²) in [5.74, 6) is -1.03. The first-order chi connectivity index (χ1) is 9.97. The van der Waals surface area contributed by atoms with Crippen LogP contribution in [0.25, 0.3) is 16.7 Å². The zero-order valence-corrected chi connectivity index (χ0v) is 12.6. The van der Waals surface area contributed by atoms with Crippen molar-refractivity contribution >= 4 is 32.9 Å². The van der Waals surface area contributed by atoms with E-state index >= 15 is 0 Å². The molecule has 0 saturated carbocycles. The molecule has 3 aromatic rings. The Morgan fingerprint density at radius 2 is 2.00 bits per heavy atom. The van der Waals surface area contributed by atoms with Crippen LogP contribution in [0.3, 0.4) is 0 Å². The van der Waals surface area contributed by atoms with Gasteiger partial charge in [-0.2, -0.15) is 0 Å². The van der Waals surface area contributed by atoms with Gasteiger partial charge in [0.1, 0.15) is 0 Å². The van der Waals surface area contributed by atoms with Gasteiger partial charge < -0.3 is 10.1 Å². The monoisotopic (exact) mass is 346 g/mol. The van der Waals surface area contributed by atoms with Crippen molar-refractivity contribution in [3.05, 3.63) is 62.5 Å². The van der Waals surface area contributed by atoms with Crippen LogP contribution < -0.4 is 5.69 Å². The Labute approximate surface area is 128 Å². The van der Waals surface area contributed by atoms with E-state index in [9.17, 15) is 9.59 Å². The highest BCUT2D eigenvalue weighted by Gasteiger charge is 2.13. The van der Waals surface area contributed by atoms with Crippen LogP contribution in [-0.4, -0.2) is 20.6 Å². The summed E-state index contributed by atoms with van der Waals surface area (Å²) < 4.78 is 2.23. The Bertz CT molecular complexity index is 924. The molecule has 0 aliphatic carbocycles. The standard InChI is InChI=1S/C15H11BrN2O3/c1-8-2-4-10(16)12(6-8)18-13-7-9(14(19)20)3-5-11(13)17-15(18)21/h2-7H,1H3,(H,17,21)(H,19,20). The molecule has 0 bridgehead atoms. The van der Waals surface area contributed by atoms with E-state index in [1.165, 1.54) is 16.7 Å². The van der Waals surface area contributed by atoms with Crippen LogP contribution in [0.1, 0.15) is 15.9 Å². The minimum Gasteiger partial charge on any atom is -0.478 e. The predicted octanol–water partition coefficient (Wildman–Crippen LogP) is 3.09. The fraction of sp³-hybridized carbons (Fsp3) is 0.0667. The van der Waals surface area contributed by atoms with Gasteiger partial charge in [-0.05, 0) is 58.7 Å². The molecule has 3 rings (SSSR count). The van der Waals surface area contributed by atoms with Crippen LogP contribution in [-0.2, 0) is 0 Å². The number of hydrogen-bond donors (Lipinski definition) is 2. The number of carbonyl (C=O) groups is 1. The fourth-order valence-corrected chi connectivity index (χ4v) is 2.69. The summed E-state index contributed by atoms with van der Waals surface area (Å²) in [6, 6.07) is 10.2. The summed E-state index contributed by atoms with van der Waals surface area (Å²) in [5.41, 5.74) is 2.64. The minimum atomic E-state index is -1.03. The predicted molar refractivity (Wildman–Crippen MR) is 83.3 cm³/mol.